The minimum absolute atomic E-state index is 0.589. The summed E-state index contributed by atoms with van der Waals surface area (Å²) in [5.74, 6) is -3.70. The molecule has 1 radical (unpaired) electrons. The predicted octanol–water partition coefficient (Wildman–Crippen LogP) is 0.0291. The van der Waals surface area contributed by atoms with Gasteiger partial charge in [0.05, 0.1) is 19.2 Å². The van der Waals surface area contributed by atoms with E-state index in [1.54, 1.807) is 6.07 Å². The smallest absolute Gasteiger partial charge is 0.268 e. The molecule has 0 aromatic rings. The van der Waals surface area contributed by atoms with Gasteiger partial charge in [-0.05, 0) is 0 Å². The third kappa shape index (κ3) is 1.92. The Morgan fingerprint density at radius 3 is 2.85 bits per heavy atom. The lowest BCUT2D eigenvalue weighted by Gasteiger charge is -2.17. The first kappa shape index (κ1) is 9.86. The highest BCUT2D eigenvalue weighted by atomic mass is 19.3. The Kier molecular flexibility index (Phi) is 2.48. The first-order chi connectivity index (χ1) is 6.00. The summed E-state index contributed by atoms with van der Waals surface area (Å²) < 4.78 is 25.4. The van der Waals surface area contributed by atoms with Crippen molar-refractivity contribution in [2.24, 2.45) is 0 Å². The fourth-order valence-electron chi connectivity index (χ4n) is 1.30. The number of likely N-dealkylation sites (tertiary alicyclic amines) is 1. The number of nitrogens with one attached hydrogen (secondary N) is 1. The maximum absolute atomic E-state index is 12.7. The second-order valence-electron chi connectivity index (χ2n) is 2.90. The van der Waals surface area contributed by atoms with Crippen LogP contribution in [0.1, 0.15) is 6.42 Å². The largest absolute Gasteiger partial charge is 0.319 e. The molecule has 1 aliphatic heterocycles. The highest BCUT2D eigenvalue weighted by Gasteiger charge is 2.46. The molecule has 71 valence electrons. The molecule has 0 unspecified atom stereocenters. The highest BCUT2D eigenvalue weighted by Crippen LogP contribution is 2.31. The van der Waals surface area contributed by atoms with Gasteiger partial charge < -0.3 is 4.90 Å². The summed E-state index contributed by atoms with van der Waals surface area (Å²) in [5, 5.41) is 8.47. The van der Waals surface area contributed by atoms with Crippen molar-refractivity contribution in [1.29, 1.82) is 5.26 Å². The summed E-state index contributed by atoms with van der Waals surface area (Å²) in [6, 6.07) is 0.551. The van der Waals surface area contributed by atoms with E-state index < -0.39 is 37.4 Å². The molecule has 1 N–H and O–H groups in total. The van der Waals surface area contributed by atoms with Crippen molar-refractivity contribution in [1.82, 2.24) is 10.6 Å². The zero-order valence-corrected chi connectivity index (χ0v) is 6.76. The van der Waals surface area contributed by atoms with Crippen molar-refractivity contribution in [3.63, 3.8) is 0 Å². The van der Waals surface area contributed by atoms with Crippen LogP contribution in [-0.2, 0) is 4.79 Å². The summed E-state index contributed by atoms with van der Waals surface area (Å²) in [5.41, 5.74) is 6.72. The second-order valence-corrected chi connectivity index (χ2v) is 2.90. The fourth-order valence-corrected chi connectivity index (χ4v) is 1.30. The number of amides is 1. The molecule has 4 nitrogen and oxygen atoms in total. The molecule has 1 saturated heterocycles. The Morgan fingerprint density at radius 1 is 1.77 bits per heavy atom. The number of hydrogen-bond donors (Lipinski definition) is 0. The lowest BCUT2D eigenvalue weighted by Crippen LogP contribution is -2.38. The number of carbonyl (C=O) groups is 1. The molecule has 0 saturated carbocycles. The Bertz CT molecular complexity index is 261. The number of nitrogens with zero attached hydrogens (tertiary/aromatic N) is 2. The van der Waals surface area contributed by atoms with Crippen LogP contribution in [0.3, 0.4) is 0 Å². The summed E-state index contributed by atoms with van der Waals surface area (Å²) in [6.07, 6.45) is -0.616. The number of carbonyl (C=O) groups excluding carboxylic acids is 1. The van der Waals surface area contributed by atoms with Gasteiger partial charge in [-0.15, -0.1) is 0 Å². The van der Waals surface area contributed by atoms with Crippen molar-refractivity contribution in [3.05, 3.63) is 0 Å². The maximum Gasteiger partial charge on any atom is 0.268 e. The van der Waals surface area contributed by atoms with Crippen LogP contribution >= 0.6 is 0 Å². The SMILES string of the molecule is N#C[C@@H]1CC(F)(F)CN1C(=O)C[NH]. The lowest BCUT2D eigenvalue weighted by atomic mass is 10.2. The molecule has 1 heterocycles. The van der Waals surface area contributed by atoms with Gasteiger partial charge in [-0.1, -0.05) is 0 Å². The molecule has 0 aromatic heterocycles. The molecule has 0 bridgehead atoms. The normalized spacial score (nSPS) is 25.7. The van der Waals surface area contributed by atoms with E-state index in [-0.39, 0.29) is 0 Å². The predicted molar refractivity (Wildman–Crippen MR) is 38.6 cm³/mol. The summed E-state index contributed by atoms with van der Waals surface area (Å²) in [7, 11) is 0. The number of hydrogen-bond acceptors (Lipinski definition) is 2. The number of alkyl halides is 2. The van der Waals surface area contributed by atoms with Gasteiger partial charge in [0.25, 0.3) is 5.92 Å². The van der Waals surface area contributed by atoms with Gasteiger partial charge in [-0.2, -0.15) is 5.26 Å². The summed E-state index contributed by atoms with van der Waals surface area (Å²) >= 11 is 0. The molecule has 1 aliphatic rings. The van der Waals surface area contributed by atoms with E-state index in [9.17, 15) is 13.6 Å². The van der Waals surface area contributed by atoms with E-state index in [0.717, 1.165) is 4.90 Å². The first-order valence-corrected chi connectivity index (χ1v) is 3.71. The quantitative estimate of drug-likeness (QED) is 0.582. The van der Waals surface area contributed by atoms with Crippen molar-refractivity contribution >= 4 is 5.91 Å². The summed E-state index contributed by atoms with van der Waals surface area (Å²) in [4.78, 5) is 11.7. The molecule has 0 aliphatic carbocycles. The van der Waals surface area contributed by atoms with E-state index in [4.69, 9.17) is 11.0 Å². The van der Waals surface area contributed by atoms with Crippen molar-refractivity contribution in [2.75, 3.05) is 13.1 Å². The van der Waals surface area contributed by atoms with Gasteiger partial charge in [0, 0.05) is 6.42 Å². The standard InChI is InChI=1S/C7H8F2N3O/c8-7(9)1-5(2-10)12(4-7)6(13)3-11/h5,11H,1,3-4H2/t5-/m0/s1. The average Bonchev–Trinajstić information content (AvgIpc) is 2.39. The molecule has 6 heteroatoms. The fraction of sp³-hybridized carbons (Fsp3) is 0.714. The number of rotatable bonds is 1. The zero-order chi connectivity index (χ0) is 10.1. The lowest BCUT2D eigenvalue weighted by molar-refractivity contribution is -0.131. The van der Waals surface area contributed by atoms with Crippen LogP contribution in [-0.4, -0.2) is 35.9 Å². The van der Waals surface area contributed by atoms with Crippen LogP contribution in [0, 0.1) is 11.3 Å². The van der Waals surface area contributed by atoms with Crippen LogP contribution in [0.4, 0.5) is 8.78 Å². The van der Waals surface area contributed by atoms with E-state index in [1.165, 1.54) is 0 Å². The van der Waals surface area contributed by atoms with Crippen LogP contribution in [0.5, 0.6) is 0 Å². The summed E-state index contributed by atoms with van der Waals surface area (Å²) in [6.45, 7) is -1.32. The van der Waals surface area contributed by atoms with Gasteiger partial charge in [0.2, 0.25) is 5.91 Å². The first-order valence-electron chi connectivity index (χ1n) is 3.71. The minimum Gasteiger partial charge on any atom is -0.319 e. The number of nitriles is 1. The van der Waals surface area contributed by atoms with E-state index in [2.05, 4.69) is 0 Å². The van der Waals surface area contributed by atoms with E-state index in [0.29, 0.717) is 0 Å². The molecule has 1 atom stereocenters. The van der Waals surface area contributed by atoms with Crippen LogP contribution < -0.4 is 5.73 Å². The van der Waals surface area contributed by atoms with Gasteiger partial charge >= 0.3 is 0 Å². The monoisotopic (exact) mass is 188 g/mol. The second kappa shape index (κ2) is 3.26. The van der Waals surface area contributed by atoms with Crippen LogP contribution in [0.25, 0.3) is 0 Å². The van der Waals surface area contributed by atoms with Crippen molar-refractivity contribution < 1.29 is 13.6 Å². The van der Waals surface area contributed by atoms with Crippen molar-refractivity contribution in [2.45, 2.75) is 18.4 Å². The average molecular weight is 188 g/mol. The molecular formula is C7H8F2N3O. The molecular weight excluding hydrogens is 180 g/mol. The number of halogens is 2. The van der Waals surface area contributed by atoms with Gasteiger partial charge in [-0.25, -0.2) is 14.5 Å². The van der Waals surface area contributed by atoms with E-state index >= 15 is 0 Å². The Labute approximate surface area is 73.9 Å². The van der Waals surface area contributed by atoms with Gasteiger partial charge in [0.1, 0.15) is 6.04 Å². The van der Waals surface area contributed by atoms with Gasteiger partial charge in [-0.3, -0.25) is 4.79 Å². The minimum atomic E-state index is -2.98. The van der Waals surface area contributed by atoms with E-state index in [1.807, 2.05) is 0 Å². The van der Waals surface area contributed by atoms with Crippen LogP contribution in [0.2, 0.25) is 0 Å². The third-order valence-electron chi connectivity index (χ3n) is 1.89. The van der Waals surface area contributed by atoms with Crippen LogP contribution in [0.15, 0.2) is 0 Å². The Balaban J connectivity index is 2.76. The zero-order valence-electron chi connectivity index (χ0n) is 6.76. The molecule has 1 amide bonds. The molecule has 13 heavy (non-hydrogen) atoms. The highest BCUT2D eigenvalue weighted by molar-refractivity contribution is 5.79. The van der Waals surface area contributed by atoms with Crippen molar-refractivity contribution in [3.8, 4) is 6.07 Å². The topological polar surface area (TPSA) is 67.9 Å². The maximum atomic E-state index is 12.7. The molecule has 1 fully saturated rings. The Hall–Kier alpha value is -1.22. The Morgan fingerprint density at radius 2 is 2.38 bits per heavy atom. The third-order valence-corrected chi connectivity index (χ3v) is 1.89. The molecule has 0 aromatic carbocycles. The molecule has 1 rings (SSSR count). The molecule has 0 spiro atoms. The van der Waals surface area contributed by atoms with Gasteiger partial charge in [0.15, 0.2) is 0 Å².